The molecule has 0 radical (unpaired) electrons. The molecular weight excluding hydrogens is 278 g/mol. The average molecular weight is 290 g/mol. The van der Waals surface area contributed by atoms with E-state index in [1.54, 1.807) is 6.92 Å². The van der Waals surface area contributed by atoms with Gasteiger partial charge in [-0.3, -0.25) is 9.59 Å². The van der Waals surface area contributed by atoms with Crippen molar-refractivity contribution in [3.8, 4) is 0 Å². The summed E-state index contributed by atoms with van der Waals surface area (Å²) in [7, 11) is 0. The summed E-state index contributed by atoms with van der Waals surface area (Å²) < 4.78 is 26.3. The third-order valence-corrected chi connectivity index (χ3v) is 2.92. The first-order valence-corrected chi connectivity index (χ1v) is 6.05. The summed E-state index contributed by atoms with van der Waals surface area (Å²) >= 11 is 0. The number of nitrogens with two attached hydrogens (primary N) is 1. The van der Waals surface area contributed by atoms with Crippen LogP contribution in [0.4, 0.5) is 14.5 Å². The second kappa shape index (κ2) is 5.70. The molecule has 0 fully saturated rings. The van der Waals surface area contributed by atoms with Crippen molar-refractivity contribution in [1.29, 1.82) is 0 Å². The summed E-state index contributed by atoms with van der Waals surface area (Å²) in [4.78, 5) is 23.1. The minimum absolute atomic E-state index is 0.221. The van der Waals surface area contributed by atoms with Gasteiger partial charge in [-0.1, -0.05) is 0 Å². The molecule has 21 heavy (non-hydrogen) atoms. The molecule has 0 atom stereocenters. The number of aryl methyl sites for hydroxylation is 1. The van der Waals surface area contributed by atoms with E-state index >= 15 is 0 Å². The van der Waals surface area contributed by atoms with Gasteiger partial charge in [0.2, 0.25) is 0 Å². The molecule has 0 aliphatic rings. The highest BCUT2D eigenvalue weighted by Crippen LogP contribution is 2.17. The third-order valence-electron chi connectivity index (χ3n) is 2.92. The molecule has 0 spiro atoms. The number of rotatable bonds is 3. The molecule has 0 aliphatic heterocycles. The van der Waals surface area contributed by atoms with Gasteiger partial charge in [0, 0.05) is 11.3 Å². The van der Waals surface area contributed by atoms with Gasteiger partial charge in [0.15, 0.2) is 0 Å². The van der Waals surface area contributed by atoms with Crippen LogP contribution in [0.1, 0.15) is 26.3 Å². The lowest BCUT2D eigenvalue weighted by Crippen LogP contribution is -2.16. The van der Waals surface area contributed by atoms with Crippen molar-refractivity contribution in [1.82, 2.24) is 0 Å². The van der Waals surface area contributed by atoms with E-state index in [0.29, 0.717) is 5.56 Å². The van der Waals surface area contributed by atoms with Gasteiger partial charge in [-0.2, -0.15) is 0 Å². The lowest BCUT2D eigenvalue weighted by atomic mass is 10.1. The number of anilines is 1. The molecule has 2 aromatic rings. The van der Waals surface area contributed by atoms with Crippen molar-refractivity contribution in [2.45, 2.75) is 6.92 Å². The Bertz CT molecular complexity index is 730. The van der Waals surface area contributed by atoms with E-state index in [0.717, 1.165) is 12.1 Å². The Balaban J connectivity index is 2.27. The van der Waals surface area contributed by atoms with Gasteiger partial charge in [0.1, 0.15) is 11.6 Å². The van der Waals surface area contributed by atoms with Crippen LogP contribution >= 0.6 is 0 Å². The summed E-state index contributed by atoms with van der Waals surface area (Å²) in [5.74, 6) is -2.63. The quantitative estimate of drug-likeness (QED) is 0.912. The van der Waals surface area contributed by atoms with E-state index in [4.69, 9.17) is 5.73 Å². The number of carbonyl (C=O) groups excluding carboxylic acids is 2. The molecule has 0 saturated heterocycles. The van der Waals surface area contributed by atoms with Crippen molar-refractivity contribution in [3.05, 3.63) is 64.7 Å². The van der Waals surface area contributed by atoms with E-state index < -0.39 is 23.4 Å². The minimum Gasteiger partial charge on any atom is -0.366 e. The van der Waals surface area contributed by atoms with Gasteiger partial charge in [-0.25, -0.2) is 8.78 Å². The lowest BCUT2D eigenvalue weighted by molar-refractivity contribution is 0.0992. The van der Waals surface area contributed by atoms with Gasteiger partial charge >= 0.3 is 0 Å². The fraction of sp³-hybridized carbons (Fsp3) is 0.0667. The zero-order valence-electron chi connectivity index (χ0n) is 11.1. The summed E-state index contributed by atoms with van der Waals surface area (Å²) in [6.07, 6.45) is 0. The van der Waals surface area contributed by atoms with Crippen molar-refractivity contribution in [2.24, 2.45) is 5.73 Å². The Morgan fingerprint density at radius 3 is 2.38 bits per heavy atom. The van der Waals surface area contributed by atoms with Crippen LogP contribution in [0.5, 0.6) is 0 Å². The number of primary amides is 1. The predicted octanol–water partition coefficient (Wildman–Crippen LogP) is 2.62. The lowest BCUT2D eigenvalue weighted by Gasteiger charge is -2.09. The Hall–Kier alpha value is -2.76. The van der Waals surface area contributed by atoms with Crippen molar-refractivity contribution in [2.75, 3.05) is 5.32 Å². The zero-order chi connectivity index (χ0) is 15.6. The van der Waals surface area contributed by atoms with Crippen LogP contribution < -0.4 is 11.1 Å². The second-order valence-corrected chi connectivity index (χ2v) is 4.47. The number of hydrogen-bond acceptors (Lipinski definition) is 2. The SMILES string of the molecule is Cc1cc(F)ccc1C(=O)Nc1ccc(F)c(C(N)=O)c1. The predicted molar refractivity (Wildman–Crippen MR) is 74.0 cm³/mol. The first-order valence-electron chi connectivity index (χ1n) is 6.05. The Kier molecular flexibility index (Phi) is 3.98. The molecule has 0 saturated carbocycles. The Morgan fingerprint density at radius 2 is 1.76 bits per heavy atom. The van der Waals surface area contributed by atoms with Crippen molar-refractivity contribution < 1.29 is 18.4 Å². The Labute approximate surface area is 119 Å². The third kappa shape index (κ3) is 3.22. The standard InChI is InChI=1S/C15H12F2N2O2/c1-8-6-9(16)2-4-11(8)15(21)19-10-3-5-13(17)12(7-10)14(18)20/h2-7H,1H3,(H2,18,20)(H,19,21). The molecule has 0 heterocycles. The van der Waals surface area contributed by atoms with E-state index in [-0.39, 0.29) is 16.8 Å². The molecule has 0 aliphatic carbocycles. The molecule has 0 aromatic heterocycles. The molecular formula is C15H12F2N2O2. The number of amides is 2. The molecule has 108 valence electrons. The molecule has 0 unspecified atom stereocenters. The minimum atomic E-state index is -0.929. The average Bonchev–Trinajstić information content (AvgIpc) is 2.40. The highest BCUT2D eigenvalue weighted by molar-refractivity contribution is 6.06. The monoisotopic (exact) mass is 290 g/mol. The van der Waals surface area contributed by atoms with Gasteiger partial charge in [0.25, 0.3) is 11.8 Å². The molecule has 4 nitrogen and oxygen atoms in total. The molecule has 3 N–H and O–H groups in total. The number of carbonyl (C=O) groups is 2. The molecule has 0 bridgehead atoms. The molecule has 6 heteroatoms. The summed E-state index contributed by atoms with van der Waals surface area (Å²) in [6, 6.07) is 7.23. The molecule has 2 aromatic carbocycles. The van der Waals surface area contributed by atoms with Gasteiger partial charge in [-0.05, 0) is 48.9 Å². The second-order valence-electron chi connectivity index (χ2n) is 4.47. The number of benzene rings is 2. The van der Waals surface area contributed by atoms with Crippen LogP contribution in [-0.2, 0) is 0 Å². The molecule has 2 rings (SSSR count). The van der Waals surface area contributed by atoms with Crippen LogP contribution in [0.3, 0.4) is 0 Å². The smallest absolute Gasteiger partial charge is 0.255 e. The fourth-order valence-electron chi connectivity index (χ4n) is 1.87. The van der Waals surface area contributed by atoms with E-state index in [1.807, 2.05) is 0 Å². The first kappa shape index (κ1) is 14.6. The maximum absolute atomic E-state index is 13.3. The zero-order valence-corrected chi connectivity index (χ0v) is 11.1. The number of halogens is 2. The largest absolute Gasteiger partial charge is 0.366 e. The van der Waals surface area contributed by atoms with E-state index in [9.17, 15) is 18.4 Å². The first-order chi connectivity index (χ1) is 9.88. The maximum atomic E-state index is 13.3. The summed E-state index contributed by atoms with van der Waals surface area (Å²) in [6.45, 7) is 1.59. The number of hydrogen-bond donors (Lipinski definition) is 2. The highest BCUT2D eigenvalue weighted by Gasteiger charge is 2.13. The van der Waals surface area contributed by atoms with Crippen LogP contribution in [-0.4, -0.2) is 11.8 Å². The summed E-state index contributed by atoms with van der Waals surface area (Å²) in [5.41, 5.74) is 5.68. The van der Waals surface area contributed by atoms with Gasteiger partial charge < -0.3 is 11.1 Å². The van der Waals surface area contributed by atoms with Crippen LogP contribution in [0.2, 0.25) is 0 Å². The Morgan fingerprint density at radius 1 is 1.05 bits per heavy atom. The summed E-state index contributed by atoms with van der Waals surface area (Å²) in [5, 5.41) is 2.51. The van der Waals surface area contributed by atoms with Crippen LogP contribution in [0.15, 0.2) is 36.4 Å². The fourth-order valence-corrected chi connectivity index (χ4v) is 1.87. The van der Waals surface area contributed by atoms with Crippen LogP contribution in [0.25, 0.3) is 0 Å². The highest BCUT2D eigenvalue weighted by atomic mass is 19.1. The van der Waals surface area contributed by atoms with Crippen LogP contribution in [0, 0.1) is 18.6 Å². The normalized spacial score (nSPS) is 10.2. The maximum Gasteiger partial charge on any atom is 0.255 e. The van der Waals surface area contributed by atoms with E-state index in [1.165, 1.54) is 24.3 Å². The van der Waals surface area contributed by atoms with Crippen molar-refractivity contribution >= 4 is 17.5 Å². The van der Waals surface area contributed by atoms with Gasteiger partial charge in [-0.15, -0.1) is 0 Å². The number of nitrogens with one attached hydrogen (secondary N) is 1. The van der Waals surface area contributed by atoms with Crippen molar-refractivity contribution in [3.63, 3.8) is 0 Å². The topological polar surface area (TPSA) is 72.2 Å². The molecule has 2 amide bonds. The van der Waals surface area contributed by atoms with Gasteiger partial charge in [0.05, 0.1) is 5.56 Å². The van der Waals surface area contributed by atoms with E-state index in [2.05, 4.69) is 5.32 Å².